The summed E-state index contributed by atoms with van der Waals surface area (Å²) in [7, 11) is 0. The van der Waals surface area contributed by atoms with E-state index in [1.807, 2.05) is 42.5 Å². The number of carbonyl (C=O) groups is 4. The number of aromatic nitrogens is 3. The summed E-state index contributed by atoms with van der Waals surface area (Å²) >= 11 is 1.11. The molecule has 6 aromatic rings. The van der Waals surface area contributed by atoms with Crippen molar-refractivity contribution in [2.75, 3.05) is 60.7 Å². The van der Waals surface area contributed by atoms with Crippen LogP contribution < -0.4 is 42.0 Å². The number of phenolic OH excluding ortho intramolecular Hbond substituents is 1. The second kappa shape index (κ2) is 23.9. The van der Waals surface area contributed by atoms with Gasteiger partial charge in [-0.15, -0.1) is 5.10 Å². The van der Waals surface area contributed by atoms with Gasteiger partial charge < -0.3 is 56.9 Å². The van der Waals surface area contributed by atoms with Gasteiger partial charge in [-0.1, -0.05) is 41.2 Å². The van der Waals surface area contributed by atoms with Gasteiger partial charge in [-0.2, -0.15) is 0 Å². The number of hydrogen-bond donors (Lipinski definition) is 9. The molecule has 0 saturated carbocycles. The first-order valence-corrected chi connectivity index (χ1v) is 24.7. The van der Waals surface area contributed by atoms with Gasteiger partial charge in [0.05, 0.1) is 49.6 Å². The van der Waals surface area contributed by atoms with Crippen LogP contribution in [-0.2, 0) is 22.6 Å². The number of aliphatic hydroxyl groups is 1. The second-order valence-corrected chi connectivity index (χ2v) is 17.8. The van der Waals surface area contributed by atoms with E-state index in [0.717, 1.165) is 47.6 Å². The Bertz CT molecular complexity index is 3160. The van der Waals surface area contributed by atoms with Crippen molar-refractivity contribution in [3.05, 3.63) is 166 Å². The third-order valence-electron chi connectivity index (χ3n) is 11.3. The van der Waals surface area contributed by atoms with Crippen LogP contribution in [0.2, 0.25) is 0 Å². The number of benzene rings is 5. The molecule has 1 aromatic heterocycles. The summed E-state index contributed by atoms with van der Waals surface area (Å²) in [5.74, 6) is 0.235. The lowest BCUT2D eigenvalue weighted by atomic mass is 10.1. The predicted molar refractivity (Wildman–Crippen MR) is 288 cm³/mol. The van der Waals surface area contributed by atoms with Crippen molar-refractivity contribution in [2.45, 2.75) is 26.4 Å². The van der Waals surface area contributed by atoms with E-state index in [-0.39, 0.29) is 59.5 Å². The number of phenols is 1. The molecule has 382 valence electrons. The number of aryl methyl sites for hydroxylation is 1. The normalized spacial score (nSPS) is 14.9. The fourth-order valence-corrected chi connectivity index (χ4v) is 8.85. The Kier molecular flexibility index (Phi) is 16.1. The van der Waals surface area contributed by atoms with Crippen LogP contribution in [0, 0.1) is 0 Å². The van der Waals surface area contributed by atoms with Crippen LogP contribution in [0.3, 0.4) is 0 Å². The maximum absolute atomic E-state index is 13.7. The third-order valence-corrected chi connectivity index (χ3v) is 12.4. The number of amidine groups is 2. The van der Waals surface area contributed by atoms with Gasteiger partial charge in [0.2, 0.25) is 0 Å². The maximum Gasteiger partial charge on any atom is 0.344 e. The lowest BCUT2D eigenvalue weighted by molar-refractivity contribution is -0.138. The predicted octanol–water partition coefficient (Wildman–Crippen LogP) is 7.56. The van der Waals surface area contributed by atoms with Crippen molar-refractivity contribution in [2.24, 2.45) is 15.0 Å². The highest BCUT2D eigenvalue weighted by molar-refractivity contribution is 8.18. The summed E-state index contributed by atoms with van der Waals surface area (Å²) in [4.78, 5) is 66.7. The topological polar surface area (TPSA) is 279 Å². The molecule has 0 saturated heterocycles. The number of hydrogen-bond acceptors (Lipinski definition) is 16. The summed E-state index contributed by atoms with van der Waals surface area (Å²) in [5.41, 5.74) is 5.04. The zero-order chi connectivity index (χ0) is 52.1. The molecule has 5 amide bonds. The highest BCUT2D eigenvalue weighted by atomic mass is 32.2. The number of aliphatic hydroxyl groups excluding tert-OH is 1. The zero-order valence-electron chi connectivity index (χ0n) is 40.4. The monoisotopic (exact) mass is 1030 g/mol. The molecule has 0 radical (unpaired) electrons. The first-order chi connectivity index (χ1) is 36.5. The molecular formula is C53H51N13O8S. The number of nitrogens with zero attached hydrogens (tertiary/aromatic N) is 6. The molecule has 22 heteroatoms. The average molecular weight is 1030 g/mol. The molecule has 75 heavy (non-hydrogen) atoms. The van der Waals surface area contributed by atoms with Gasteiger partial charge in [0.1, 0.15) is 33.7 Å². The summed E-state index contributed by atoms with van der Waals surface area (Å²) in [6.07, 6.45) is 3.80. The van der Waals surface area contributed by atoms with Crippen LogP contribution in [0.1, 0.15) is 46.1 Å². The van der Waals surface area contributed by atoms with Gasteiger partial charge in [-0.25, -0.2) is 19.4 Å². The molecular weight excluding hydrogens is 979 g/mol. The number of nitrogens with one attached hydrogen (secondary N) is 7. The van der Waals surface area contributed by atoms with E-state index < -0.39 is 23.9 Å². The molecule has 5 aromatic carbocycles. The van der Waals surface area contributed by atoms with E-state index in [0.29, 0.717) is 64.3 Å². The fraction of sp³-hybridized carbons (Fsp3) is 0.189. The lowest BCUT2D eigenvalue weighted by Crippen LogP contribution is -2.25. The van der Waals surface area contributed by atoms with Crippen LogP contribution in [0.25, 0.3) is 6.08 Å². The van der Waals surface area contributed by atoms with Crippen molar-refractivity contribution in [1.82, 2.24) is 30.9 Å². The van der Waals surface area contributed by atoms with Crippen molar-refractivity contribution in [1.29, 1.82) is 0 Å². The standard InChI is InChI=1S/C53H51N13O8S/c1-2-73-51(70)45-46(68)44(75-50(45)59-36-7-4-3-5-8-36)26-32-9-18-43(42(67)25-32)74-24-6-23-66-31-41(64-65-66)30-58-49(69)35-27-39(62-52(71)60-37-14-10-33(11-15-37)47-54-19-20-55-47)29-40(28-35)63-53(72)61-38-16-12-34(13-17-38)48-56-21-22-57-48/h3-5,7-18,25-29,31,67-68H,2,6,19-24,30H2,1H3,(H,54,55)(H,56,57)(H,58,69)(H2,60,62,71)(H2,61,63,72)/b44-26-,59-50?. The van der Waals surface area contributed by atoms with E-state index in [1.54, 1.807) is 72.4 Å². The molecule has 3 aliphatic rings. The first kappa shape index (κ1) is 50.5. The number of carbonyl (C=O) groups excluding carboxylic acids is 4. The van der Waals surface area contributed by atoms with E-state index in [2.05, 4.69) is 62.5 Å². The molecule has 9 rings (SSSR count). The largest absolute Gasteiger partial charge is 0.506 e. The number of aromatic hydroxyl groups is 1. The minimum Gasteiger partial charge on any atom is -0.506 e. The molecule has 0 fully saturated rings. The van der Waals surface area contributed by atoms with Crippen molar-refractivity contribution < 1.29 is 38.9 Å². The smallest absolute Gasteiger partial charge is 0.344 e. The van der Waals surface area contributed by atoms with Crippen LogP contribution in [-0.4, -0.2) is 105 Å². The van der Waals surface area contributed by atoms with Crippen LogP contribution >= 0.6 is 11.8 Å². The Balaban J connectivity index is 0.790. The maximum atomic E-state index is 13.7. The summed E-state index contributed by atoms with van der Waals surface area (Å²) in [6.45, 7) is 5.39. The number of para-hydroxylation sites is 1. The molecule has 0 aliphatic carbocycles. The van der Waals surface area contributed by atoms with Gasteiger partial charge in [-0.05, 0) is 110 Å². The fourth-order valence-electron chi connectivity index (χ4n) is 7.81. The van der Waals surface area contributed by atoms with Gasteiger partial charge in [0.15, 0.2) is 11.5 Å². The quantitative estimate of drug-likeness (QED) is 0.0297. The van der Waals surface area contributed by atoms with E-state index in [1.165, 1.54) is 24.3 Å². The molecule has 0 spiro atoms. The van der Waals surface area contributed by atoms with Crippen molar-refractivity contribution in [3.8, 4) is 11.5 Å². The number of aliphatic imine (C=N–C) groups is 3. The highest BCUT2D eigenvalue weighted by Gasteiger charge is 2.33. The Hall–Kier alpha value is -9.44. The van der Waals surface area contributed by atoms with Crippen LogP contribution in [0.4, 0.5) is 38.0 Å². The number of rotatable bonds is 18. The molecule has 0 unspecified atom stereocenters. The summed E-state index contributed by atoms with van der Waals surface area (Å²) in [6, 6.07) is 31.6. The zero-order valence-corrected chi connectivity index (χ0v) is 41.2. The molecule has 9 N–H and O–H groups in total. The van der Waals surface area contributed by atoms with Crippen molar-refractivity contribution in [3.63, 3.8) is 0 Å². The minimum absolute atomic E-state index is 0.0142. The third kappa shape index (κ3) is 13.4. The Morgan fingerprint density at radius 1 is 0.773 bits per heavy atom. The minimum atomic E-state index is -0.692. The number of thioether (sulfide) groups is 1. The summed E-state index contributed by atoms with van der Waals surface area (Å²) < 4.78 is 12.7. The lowest BCUT2D eigenvalue weighted by Gasteiger charge is -2.14. The SMILES string of the molecule is CCOC(=O)C1=C(O)/C(=C/c2ccc(OCCCn3cc(CNC(=O)c4cc(NC(=O)Nc5ccc(C6=NCCN6)cc5)cc(NC(=O)Nc5ccc(C6=NCCN6)cc5)c4)nn3)c(O)c2)SC1=Nc1ccccc1. The molecule has 4 heterocycles. The number of urea groups is 2. The molecule has 21 nitrogen and oxygen atoms in total. The average Bonchev–Trinajstić information content (AvgIpc) is 4.27. The van der Waals surface area contributed by atoms with Crippen molar-refractivity contribution >= 4 is 86.9 Å². The van der Waals surface area contributed by atoms with Gasteiger partial charge in [0.25, 0.3) is 5.91 Å². The number of amides is 5. The number of esters is 1. The van der Waals surface area contributed by atoms with Crippen LogP contribution in [0.5, 0.6) is 11.5 Å². The van der Waals surface area contributed by atoms with Crippen LogP contribution in [0.15, 0.2) is 153 Å². The summed E-state index contributed by atoms with van der Waals surface area (Å²) in [5, 5.41) is 51.0. The molecule has 3 aliphatic heterocycles. The Morgan fingerprint density at radius 3 is 1.99 bits per heavy atom. The van der Waals surface area contributed by atoms with E-state index in [9.17, 15) is 29.4 Å². The number of anilines is 4. The molecule has 0 bridgehead atoms. The van der Waals surface area contributed by atoms with Gasteiger partial charge >= 0.3 is 18.0 Å². The van der Waals surface area contributed by atoms with Gasteiger partial charge in [0, 0.05) is 65.5 Å². The Labute approximate surface area is 434 Å². The molecule has 0 atom stereocenters. The number of ether oxygens (including phenoxy) is 2. The second-order valence-electron chi connectivity index (χ2n) is 16.8. The Morgan fingerprint density at radius 2 is 1.40 bits per heavy atom. The highest BCUT2D eigenvalue weighted by Crippen LogP contribution is 2.41. The van der Waals surface area contributed by atoms with E-state index in [4.69, 9.17) is 9.47 Å². The first-order valence-electron chi connectivity index (χ1n) is 23.9. The van der Waals surface area contributed by atoms with E-state index >= 15 is 0 Å². The van der Waals surface area contributed by atoms with Gasteiger partial charge in [-0.3, -0.25) is 19.5 Å².